The fourth-order valence-electron chi connectivity index (χ4n) is 8.12. The molecule has 0 radical (unpaired) electrons. The van der Waals surface area contributed by atoms with Crippen molar-refractivity contribution in [3.8, 4) is 29.5 Å². The highest BCUT2D eigenvalue weighted by molar-refractivity contribution is 6.05. The van der Waals surface area contributed by atoms with Crippen LogP contribution in [0.2, 0.25) is 0 Å². The maximum Gasteiger partial charge on any atom is 0.319 e. The summed E-state index contributed by atoms with van der Waals surface area (Å²) < 4.78 is 58.8. The van der Waals surface area contributed by atoms with Gasteiger partial charge in [0.25, 0.3) is 0 Å². The molecule has 4 aliphatic rings. The third-order valence-electron chi connectivity index (χ3n) is 10.2. The van der Waals surface area contributed by atoms with Crippen LogP contribution in [-0.4, -0.2) is 72.1 Å². The van der Waals surface area contributed by atoms with Crippen molar-refractivity contribution in [1.29, 1.82) is 0 Å². The van der Waals surface area contributed by atoms with Crippen LogP contribution in [0.25, 0.3) is 32.8 Å². The number of nitrogens with two attached hydrogens (primary N) is 1. The number of rotatable bonds is 4. The van der Waals surface area contributed by atoms with E-state index >= 15 is 4.39 Å². The van der Waals surface area contributed by atoms with Crippen LogP contribution in [-0.2, 0) is 11.2 Å². The van der Waals surface area contributed by atoms with E-state index in [2.05, 4.69) is 15.7 Å². The SMILES string of the molecule is C#Cc1c(F)ccc2cc(N)cc(-c3cc4c5c(nc(OC[C@@]67CCCN6C[C@H](F)C7)nc5c3F)N3CCCOCC3CC4)c12. The molecular formula is C35H34F3N5O2. The summed E-state index contributed by atoms with van der Waals surface area (Å²) in [5.74, 6) is 1.93. The average Bonchev–Trinajstić information content (AvgIpc) is 3.38. The maximum absolute atomic E-state index is 17.1. The lowest BCUT2D eigenvalue weighted by molar-refractivity contribution is 0.107. The molecule has 232 valence electrons. The Morgan fingerprint density at radius 3 is 2.87 bits per heavy atom. The van der Waals surface area contributed by atoms with Crippen LogP contribution >= 0.6 is 0 Å². The molecule has 0 aliphatic carbocycles. The largest absolute Gasteiger partial charge is 0.461 e. The van der Waals surface area contributed by atoms with Gasteiger partial charge in [-0.3, -0.25) is 4.90 Å². The van der Waals surface area contributed by atoms with E-state index < -0.39 is 23.3 Å². The normalized spacial score (nSPS) is 24.7. The molecule has 7 nitrogen and oxygen atoms in total. The number of alkyl halides is 1. The van der Waals surface area contributed by atoms with Gasteiger partial charge < -0.3 is 20.1 Å². The van der Waals surface area contributed by atoms with E-state index in [-0.39, 0.29) is 35.3 Å². The fourth-order valence-corrected chi connectivity index (χ4v) is 8.12. The molecule has 1 aromatic heterocycles. The Bertz CT molecular complexity index is 1890. The second-order valence-electron chi connectivity index (χ2n) is 12.9. The first kappa shape index (κ1) is 28.4. The highest BCUT2D eigenvalue weighted by atomic mass is 19.1. The number of ether oxygens (including phenoxy) is 2. The quantitative estimate of drug-likeness (QED) is 0.231. The van der Waals surface area contributed by atoms with E-state index in [0.717, 1.165) is 37.8 Å². The Morgan fingerprint density at radius 2 is 2.00 bits per heavy atom. The zero-order chi connectivity index (χ0) is 30.9. The van der Waals surface area contributed by atoms with Crippen LogP contribution in [0.1, 0.15) is 43.2 Å². The minimum atomic E-state index is -0.901. The zero-order valence-corrected chi connectivity index (χ0v) is 24.9. The van der Waals surface area contributed by atoms with Gasteiger partial charge in [0.05, 0.1) is 23.8 Å². The van der Waals surface area contributed by atoms with Crippen molar-refractivity contribution in [2.45, 2.75) is 56.3 Å². The van der Waals surface area contributed by atoms with Gasteiger partial charge in [0, 0.05) is 48.1 Å². The minimum Gasteiger partial charge on any atom is -0.461 e. The Labute approximate surface area is 259 Å². The van der Waals surface area contributed by atoms with Crippen molar-refractivity contribution < 1.29 is 22.6 Å². The van der Waals surface area contributed by atoms with Gasteiger partial charge in [-0.15, -0.1) is 6.42 Å². The number of nitrogens with zero attached hydrogens (tertiary/aromatic N) is 4. The maximum atomic E-state index is 17.1. The van der Waals surface area contributed by atoms with Crippen molar-refractivity contribution >= 4 is 33.2 Å². The van der Waals surface area contributed by atoms with Crippen LogP contribution in [0.15, 0.2) is 30.3 Å². The third-order valence-corrected chi connectivity index (χ3v) is 10.2. The summed E-state index contributed by atoms with van der Waals surface area (Å²) >= 11 is 0. The molecule has 4 aliphatic heterocycles. The Morgan fingerprint density at radius 1 is 1.11 bits per heavy atom. The smallest absolute Gasteiger partial charge is 0.319 e. The molecule has 3 aromatic carbocycles. The summed E-state index contributed by atoms with van der Waals surface area (Å²) in [5.41, 5.74) is 7.97. The van der Waals surface area contributed by atoms with Gasteiger partial charge in [-0.25, -0.2) is 13.2 Å². The van der Waals surface area contributed by atoms with Crippen LogP contribution in [0.5, 0.6) is 6.01 Å². The summed E-state index contributed by atoms with van der Waals surface area (Å²) in [6.45, 7) is 3.33. The number of benzene rings is 3. The van der Waals surface area contributed by atoms with Crippen molar-refractivity contribution in [3.05, 3.63) is 53.1 Å². The predicted octanol–water partition coefficient (Wildman–Crippen LogP) is 5.79. The fraction of sp³-hybridized carbons (Fsp3) is 0.429. The minimum absolute atomic E-state index is 0.0405. The third kappa shape index (κ3) is 4.59. The second-order valence-corrected chi connectivity index (χ2v) is 12.9. The molecule has 0 bridgehead atoms. The summed E-state index contributed by atoms with van der Waals surface area (Å²) in [5, 5.41) is 1.67. The summed E-state index contributed by atoms with van der Waals surface area (Å²) in [4.78, 5) is 14.0. The van der Waals surface area contributed by atoms with E-state index in [1.54, 1.807) is 18.2 Å². The van der Waals surface area contributed by atoms with Gasteiger partial charge in [-0.05, 0) is 79.4 Å². The Hall–Kier alpha value is -4.07. The number of aryl methyl sites for hydroxylation is 1. The van der Waals surface area contributed by atoms with Crippen molar-refractivity contribution in [2.75, 3.05) is 50.1 Å². The monoisotopic (exact) mass is 613 g/mol. The number of anilines is 2. The van der Waals surface area contributed by atoms with E-state index in [0.29, 0.717) is 72.4 Å². The van der Waals surface area contributed by atoms with E-state index in [1.165, 1.54) is 6.07 Å². The van der Waals surface area contributed by atoms with Crippen LogP contribution in [0.4, 0.5) is 24.7 Å². The molecule has 10 heteroatoms. The molecule has 5 heterocycles. The molecular weight excluding hydrogens is 579 g/mol. The zero-order valence-electron chi connectivity index (χ0n) is 24.9. The summed E-state index contributed by atoms with van der Waals surface area (Å²) in [6, 6.07) is 8.15. The van der Waals surface area contributed by atoms with Gasteiger partial charge >= 0.3 is 6.01 Å². The van der Waals surface area contributed by atoms with Crippen molar-refractivity contribution in [1.82, 2.24) is 14.9 Å². The van der Waals surface area contributed by atoms with Crippen LogP contribution < -0.4 is 15.4 Å². The molecule has 8 rings (SSSR count). The number of aromatic nitrogens is 2. The lowest BCUT2D eigenvalue weighted by Gasteiger charge is -2.31. The first-order valence-electron chi connectivity index (χ1n) is 15.7. The van der Waals surface area contributed by atoms with Gasteiger partial charge in [0.15, 0.2) is 5.82 Å². The number of halogens is 3. The van der Waals surface area contributed by atoms with Gasteiger partial charge in [0.1, 0.15) is 29.9 Å². The number of terminal acetylenes is 1. The summed E-state index contributed by atoms with van der Waals surface area (Å²) in [6.07, 6.45) is 9.29. The average molecular weight is 614 g/mol. The number of hydrogen-bond acceptors (Lipinski definition) is 7. The van der Waals surface area contributed by atoms with E-state index in [1.807, 2.05) is 6.07 Å². The molecule has 0 saturated carbocycles. The highest BCUT2D eigenvalue weighted by Gasteiger charge is 2.49. The Balaban J connectivity index is 1.33. The summed E-state index contributed by atoms with van der Waals surface area (Å²) in [7, 11) is 0. The highest BCUT2D eigenvalue weighted by Crippen LogP contribution is 2.44. The molecule has 1 unspecified atom stereocenters. The molecule has 4 aromatic rings. The second kappa shape index (κ2) is 10.8. The first-order chi connectivity index (χ1) is 21.8. The molecule has 3 fully saturated rings. The molecule has 0 spiro atoms. The van der Waals surface area contributed by atoms with Gasteiger partial charge in [0.2, 0.25) is 0 Å². The molecule has 3 saturated heterocycles. The topological polar surface area (TPSA) is 76.7 Å². The number of nitrogen functional groups attached to an aromatic ring is 1. The van der Waals surface area contributed by atoms with Crippen LogP contribution in [0, 0.1) is 24.0 Å². The lowest BCUT2D eigenvalue weighted by atomic mass is 9.90. The first-order valence-corrected chi connectivity index (χ1v) is 15.7. The number of hydrogen-bond donors (Lipinski definition) is 1. The van der Waals surface area contributed by atoms with Gasteiger partial charge in [-0.1, -0.05) is 12.0 Å². The molecule has 2 N–H and O–H groups in total. The standard InChI is InChI=1S/C35H34F3N5O2/c1-2-25-28(37)8-6-20-13-23(39)15-26(29(20)25)27-14-21-5-7-24-18-44-12-4-11-43(24)33-30(21)32(31(27)38)40-34(41-33)45-19-35-9-3-10-42(35)17-22(36)16-35/h1,6,8,13-15,22,24H,3-5,7,9-12,16-19,39H2/t22-,24?,35+/m1/s1. The lowest BCUT2D eigenvalue weighted by Crippen LogP contribution is -2.43. The molecule has 3 atom stereocenters. The number of fused-ring (bicyclic) bond motifs is 4. The Kier molecular flexibility index (Phi) is 6.80. The van der Waals surface area contributed by atoms with E-state index in [9.17, 15) is 8.78 Å². The van der Waals surface area contributed by atoms with E-state index in [4.69, 9.17) is 31.6 Å². The van der Waals surface area contributed by atoms with Crippen molar-refractivity contribution in [2.24, 2.45) is 0 Å². The molecule has 45 heavy (non-hydrogen) atoms. The van der Waals surface area contributed by atoms with Crippen LogP contribution in [0.3, 0.4) is 0 Å². The van der Waals surface area contributed by atoms with Crippen molar-refractivity contribution in [3.63, 3.8) is 0 Å². The predicted molar refractivity (Wildman–Crippen MR) is 168 cm³/mol. The molecule has 0 amide bonds. The van der Waals surface area contributed by atoms with Gasteiger partial charge in [-0.2, -0.15) is 9.97 Å².